The van der Waals surface area contributed by atoms with Gasteiger partial charge < -0.3 is 4.57 Å². The van der Waals surface area contributed by atoms with Gasteiger partial charge in [-0.1, -0.05) is 55.5 Å². The molecule has 0 aliphatic rings. The van der Waals surface area contributed by atoms with Crippen LogP contribution in [-0.4, -0.2) is 22.6 Å². The fraction of sp³-hybridized carbons (Fsp3) is 0.276. The third-order valence-electron chi connectivity index (χ3n) is 6.25. The van der Waals surface area contributed by atoms with Crippen LogP contribution in [0.5, 0.6) is 0 Å². The molecule has 1 unspecified atom stereocenters. The van der Waals surface area contributed by atoms with E-state index in [9.17, 15) is 0 Å². The Morgan fingerprint density at radius 3 is 2.48 bits per heavy atom. The average Bonchev–Trinajstić information content (AvgIpc) is 3.54. The van der Waals surface area contributed by atoms with E-state index in [0.29, 0.717) is 11.5 Å². The van der Waals surface area contributed by atoms with Crippen molar-refractivity contribution in [2.45, 2.75) is 38.8 Å². The first kappa shape index (κ1) is 23.0. The van der Waals surface area contributed by atoms with E-state index in [1.165, 1.54) is 21.7 Å². The second-order valence-corrected chi connectivity index (χ2v) is 9.67. The van der Waals surface area contributed by atoms with Crippen molar-refractivity contribution in [3.05, 3.63) is 118 Å². The summed E-state index contributed by atoms with van der Waals surface area (Å²) < 4.78 is 2.33. The molecule has 0 N–H and O–H groups in total. The molecule has 0 fully saturated rings. The molecule has 2 heterocycles. The highest BCUT2D eigenvalue weighted by Crippen LogP contribution is 2.20. The molecule has 1 atom stereocenters. The summed E-state index contributed by atoms with van der Waals surface area (Å²) in [6, 6.07) is 29.7. The van der Waals surface area contributed by atoms with Gasteiger partial charge in [-0.2, -0.15) is 5.26 Å². The Bertz CT molecular complexity index is 1140. The molecule has 3 nitrogen and oxygen atoms in total. The topological polar surface area (TPSA) is 32.0 Å². The van der Waals surface area contributed by atoms with Gasteiger partial charge >= 0.3 is 0 Å². The summed E-state index contributed by atoms with van der Waals surface area (Å²) in [6.45, 7) is 6.23. The number of thiophene rings is 1. The predicted molar refractivity (Wildman–Crippen MR) is 137 cm³/mol. The molecule has 4 rings (SSSR count). The van der Waals surface area contributed by atoms with Crippen molar-refractivity contribution in [2.75, 3.05) is 13.1 Å². The van der Waals surface area contributed by atoms with Gasteiger partial charge in [-0.25, -0.2) is 0 Å². The maximum Gasteiger partial charge on any atom is 0.0991 e. The maximum atomic E-state index is 9.05. The second-order valence-electron chi connectivity index (χ2n) is 8.64. The largest absolute Gasteiger partial charge is 0.346 e. The minimum atomic E-state index is 0.542. The van der Waals surface area contributed by atoms with Gasteiger partial charge in [0, 0.05) is 36.4 Å². The lowest BCUT2D eigenvalue weighted by molar-refractivity contribution is 0.254. The molecule has 0 aliphatic heterocycles. The highest BCUT2D eigenvalue weighted by Gasteiger charge is 2.13. The average molecular weight is 454 g/mol. The molecule has 168 valence electrons. The molecule has 2 aromatic carbocycles. The number of hydrogen-bond donors (Lipinski definition) is 0. The van der Waals surface area contributed by atoms with Crippen LogP contribution < -0.4 is 0 Å². The van der Waals surface area contributed by atoms with E-state index >= 15 is 0 Å². The first-order valence-electron chi connectivity index (χ1n) is 11.6. The second kappa shape index (κ2) is 11.7. The van der Waals surface area contributed by atoms with Crippen LogP contribution in [0.3, 0.4) is 0 Å². The predicted octanol–water partition coefficient (Wildman–Crippen LogP) is 6.71. The molecule has 4 heteroatoms. The molecule has 0 aliphatic carbocycles. The number of rotatable bonds is 11. The van der Waals surface area contributed by atoms with Gasteiger partial charge in [-0.05, 0) is 72.1 Å². The molecule has 0 amide bonds. The fourth-order valence-corrected chi connectivity index (χ4v) is 4.87. The lowest BCUT2D eigenvalue weighted by Gasteiger charge is -2.25. The minimum Gasteiger partial charge on any atom is -0.346 e. The highest BCUT2D eigenvalue weighted by atomic mass is 32.1. The molecule has 0 radical (unpaired) electrons. The van der Waals surface area contributed by atoms with Gasteiger partial charge in [-0.3, -0.25) is 4.90 Å². The number of aromatic nitrogens is 1. The van der Waals surface area contributed by atoms with E-state index in [4.69, 9.17) is 5.26 Å². The van der Waals surface area contributed by atoms with Crippen molar-refractivity contribution in [1.29, 1.82) is 5.26 Å². The molecule has 0 saturated carbocycles. The van der Waals surface area contributed by atoms with Crippen molar-refractivity contribution in [3.8, 4) is 6.07 Å². The molecular weight excluding hydrogens is 422 g/mol. The highest BCUT2D eigenvalue weighted by molar-refractivity contribution is 7.09. The number of hydrogen-bond acceptors (Lipinski definition) is 3. The van der Waals surface area contributed by atoms with E-state index in [2.05, 4.69) is 101 Å². The van der Waals surface area contributed by atoms with Gasteiger partial charge in [0.05, 0.1) is 11.6 Å². The Kier molecular flexibility index (Phi) is 8.14. The van der Waals surface area contributed by atoms with E-state index in [0.717, 1.165) is 39.0 Å². The fourth-order valence-electron chi connectivity index (χ4n) is 4.18. The zero-order chi connectivity index (χ0) is 22.9. The molecule has 2 aromatic heterocycles. The Hall–Kier alpha value is -3.13. The summed E-state index contributed by atoms with van der Waals surface area (Å²) in [4.78, 5) is 4.05. The molecule has 0 bridgehead atoms. The lowest BCUT2D eigenvalue weighted by atomic mass is 9.97. The molecule has 33 heavy (non-hydrogen) atoms. The minimum absolute atomic E-state index is 0.542. The van der Waals surface area contributed by atoms with Crippen LogP contribution in [0, 0.1) is 11.3 Å². The lowest BCUT2D eigenvalue weighted by Crippen LogP contribution is -2.28. The monoisotopic (exact) mass is 453 g/mol. The number of benzene rings is 2. The smallest absolute Gasteiger partial charge is 0.0991 e. The first-order chi connectivity index (χ1) is 16.2. The summed E-state index contributed by atoms with van der Waals surface area (Å²) in [5.74, 6) is 0.542. The third-order valence-corrected chi connectivity index (χ3v) is 7.18. The van der Waals surface area contributed by atoms with Gasteiger partial charge in [0.1, 0.15) is 0 Å². The zero-order valence-electron chi connectivity index (χ0n) is 19.2. The Labute approximate surface area is 201 Å². The van der Waals surface area contributed by atoms with Crippen molar-refractivity contribution >= 4 is 11.3 Å². The maximum absolute atomic E-state index is 9.05. The van der Waals surface area contributed by atoms with Crippen molar-refractivity contribution in [1.82, 2.24) is 9.47 Å². The Morgan fingerprint density at radius 1 is 0.939 bits per heavy atom. The van der Waals surface area contributed by atoms with Gasteiger partial charge in [0.2, 0.25) is 0 Å². The summed E-state index contributed by atoms with van der Waals surface area (Å²) in [5.41, 5.74) is 4.67. The van der Waals surface area contributed by atoms with E-state index in [-0.39, 0.29) is 0 Å². The zero-order valence-corrected chi connectivity index (χ0v) is 20.0. The van der Waals surface area contributed by atoms with Gasteiger partial charge in [0.15, 0.2) is 0 Å². The molecule has 0 saturated heterocycles. The van der Waals surface area contributed by atoms with Crippen LogP contribution in [0.4, 0.5) is 0 Å². The van der Waals surface area contributed by atoms with Crippen molar-refractivity contribution in [3.63, 3.8) is 0 Å². The summed E-state index contributed by atoms with van der Waals surface area (Å²) >= 11 is 1.85. The molecular formula is C29H31N3S. The van der Waals surface area contributed by atoms with E-state index in [1.807, 2.05) is 23.5 Å². The van der Waals surface area contributed by atoms with Crippen LogP contribution >= 0.6 is 11.3 Å². The normalized spacial score (nSPS) is 12.0. The van der Waals surface area contributed by atoms with E-state index < -0.39 is 0 Å². The van der Waals surface area contributed by atoms with Crippen LogP contribution in [0.25, 0.3) is 0 Å². The quantitative estimate of drug-likeness (QED) is 0.253. The van der Waals surface area contributed by atoms with Crippen LogP contribution in [-0.2, 0) is 19.5 Å². The van der Waals surface area contributed by atoms with Crippen LogP contribution in [0.1, 0.15) is 46.5 Å². The SMILES string of the molecule is CC(CCN(CCc1cccs1)Cc1cccn1Cc1ccc(C#N)cc1)c1ccccc1. The van der Waals surface area contributed by atoms with E-state index in [1.54, 1.807) is 0 Å². The van der Waals surface area contributed by atoms with Crippen molar-refractivity contribution < 1.29 is 0 Å². The first-order valence-corrected chi connectivity index (χ1v) is 12.5. The van der Waals surface area contributed by atoms with Crippen molar-refractivity contribution in [2.24, 2.45) is 0 Å². The van der Waals surface area contributed by atoms with Crippen LogP contribution in [0.15, 0.2) is 90.4 Å². The molecule has 0 spiro atoms. The number of nitrogens with zero attached hydrogens (tertiary/aromatic N) is 3. The van der Waals surface area contributed by atoms with Gasteiger partial charge in [-0.15, -0.1) is 11.3 Å². The van der Waals surface area contributed by atoms with Crippen LogP contribution in [0.2, 0.25) is 0 Å². The van der Waals surface area contributed by atoms with Gasteiger partial charge in [0.25, 0.3) is 0 Å². The number of nitriles is 1. The summed E-state index contributed by atoms with van der Waals surface area (Å²) in [6.07, 6.45) is 4.40. The summed E-state index contributed by atoms with van der Waals surface area (Å²) in [7, 11) is 0. The Balaban J connectivity index is 1.43. The molecule has 4 aromatic rings. The third kappa shape index (κ3) is 6.68. The summed E-state index contributed by atoms with van der Waals surface area (Å²) in [5, 5.41) is 11.2. The standard InChI is InChI=1S/C29H31N3S/c1-24(27-7-3-2-4-8-27)15-18-31(19-16-29-10-6-20-33-29)23-28-9-5-17-32(28)22-26-13-11-25(21-30)12-14-26/h2-14,17,20,24H,15-16,18-19,22-23H2,1H3. The Morgan fingerprint density at radius 2 is 1.76 bits per heavy atom.